The van der Waals surface area contributed by atoms with Gasteiger partial charge < -0.3 is 14.0 Å². The summed E-state index contributed by atoms with van der Waals surface area (Å²) in [6, 6.07) is 5.11. The first kappa shape index (κ1) is 12.9. The Balaban J connectivity index is 2.39. The predicted octanol–water partition coefficient (Wildman–Crippen LogP) is 2.71. The van der Waals surface area contributed by atoms with E-state index < -0.39 is 5.63 Å². The number of benzene rings is 1. The standard InChI is InChI=1S/C12H13N3O4/c1-7-11(12(16)19-15-7)14-13-9-6-8(17-2)4-5-10(9)18-3/h4-6,15H,1-3H3. The number of aryl methyl sites for hydroxylation is 1. The largest absolute Gasteiger partial charge is 0.497 e. The molecule has 0 spiro atoms. The van der Waals surface area contributed by atoms with Crippen molar-refractivity contribution in [1.29, 1.82) is 0 Å². The maximum Gasteiger partial charge on any atom is 0.384 e. The van der Waals surface area contributed by atoms with Gasteiger partial charge in [-0.3, -0.25) is 0 Å². The topological polar surface area (TPSA) is 89.2 Å². The summed E-state index contributed by atoms with van der Waals surface area (Å²) in [5, 5.41) is 10.3. The molecule has 0 unspecified atom stereocenters. The van der Waals surface area contributed by atoms with Gasteiger partial charge in [-0.05, 0) is 19.1 Å². The van der Waals surface area contributed by atoms with Crippen molar-refractivity contribution < 1.29 is 14.0 Å². The average molecular weight is 263 g/mol. The van der Waals surface area contributed by atoms with Gasteiger partial charge in [0.15, 0.2) is 5.69 Å². The SMILES string of the molecule is COc1ccc(OC)c(N=Nc2c(C)[nH]oc2=O)c1. The van der Waals surface area contributed by atoms with Crippen LogP contribution in [0, 0.1) is 6.92 Å². The fourth-order valence-corrected chi connectivity index (χ4v) is 1.47. The van der Waals surface area contributed by atoms with Crippen molar-refractivity contribution in [3.05, 3.63) is 34.3 Å². The van der Waals surface area contributed by atoms with Crippen LogP contribution in [-0.4, -0.2) is 19.4 Å². The Hall–Kier alpha value is -2.57. The first-order chi connectivity index (χ1) is 9.15. The lowest BCUT2D eigenvalue weighted by atomic mass is 10.3. The van der Waals surface area contributed by atoms with Gasteiger partial charge in [0.1, 0.15) is 17.2 Å². The van der Waals surface area contributed by atoms with Gasteiger partial charge in [0.2, 0.25) is 0 Å². The Bertz CT molecular complexity index is 657. The first-order valence-corrected chi connectivity index (χ1v) is 5.47. The Labute approximate surface area is 108 Å². The molecule has 0 aliphatic carbocycles. The molecule has 1 aromatic carbocycles. The summed E-state index contributed by atoms with van der Waals surface area (Å²) in [6.07, 6.45) is 0. The number of aromatic amines is 1. The molecule has 0 fully saturated rings. The summed E-state index contributed by atoms with van der Waals surface area (Å²) in [6.45, 7) is 1.67. The number of H-pyrrole nitrogens is 1. The second-order valence-electron chi connectivity index (χ2n) is 3.70. The van der Waals surface area contributed by atoms with Gasteiger partial charge in [0.05, 0.1) is 19.9 Å². The molecular formula is C12H13N3O4. The lowest BCUT2D eigenvalue weighted by Gasteiger charge is -2.05. The number of methoxy groups -OCH3 is 2. The van der Waals surface area contributed by atoms with Crippen LogP contribution in [0.2, 0.25) is 0 Å². The predicted molar refractivity (Wildman–Crippen MR) is 67.8 cm³/mol. The highest BCUT2D eigenvalue weighted by atomic mass is 16.5. The Kier molecular flexibility index (Phi) is 3.65. The summed E-state index contributed by atoms with van der Waals surface area (Å²) in [7, 11) is 3.07. The van der Waals surface area contributed by atoms with Crippen molar-refractivity contribution in [2.75, 3.05) is 14.2 Å². The van der Waals surface area contributed by atoms with Gasteiger partial charge in [-0.2, -0.15) is 0 Å². The van der Waals surface area contributed by atoms with Crippen LogP contribution in [0.15, 0.2) is 37.7 Å². The molecule has 19 heavy (non-hydrogen) atoms. The normalized spacial score (nSPS) is 10.9. The van der Waals surface area contributed by atoms with Gasteiger partial charge in [0, 0.05) is 6.07 Å². The lowest BCUT2D eigenvalue weighted by Crippen LogP contribution is -1.90. The maximum atomic E-state index is 11.3. The summed E-state index contributed by atoms with van der Waals surface area (Å²) >= 11 is 0. The van der Waals surface area contributed by atoms with E-state index in [2.05, 4.69) is 19.9 Å². The Morgan fingerprint density at radius 1 is 1.21 bits per heavy atom. The summed E-state index contributed by atoms with van der Waals surface area (Å²) in [5.74, 6) is 1.15. The third-order valence-corrected chi connectivity index (χ3v) is 2.49. The van der Waals surface area contributed by atoms with Crippen molar-refractivity contribution in [3.63, 3.8) is 0 Å². The smallest absolute Gasteiger partial charge is 0.384 e. The highest BCUT2D eigenvalue weighted by Crippen LogP contribution is 2.32. The van der Waals surface area contributed by atoms with Crippen LogP contribution in [0.3, 0.4) is 0 Å². The van der Waals surface area contributed by atoms with Crippen LogP contribution in [0.5, 0.6) is 11.5 Å². The van der Waals surface area contributed by atoms with Crippen LogP contribution in [0.25, 0.3) is 0 Å². The van der Waals surface area contributed by atoms with Crippen LogP contribution < -0.4 is 15.1 Å². The van der Waals surface area contributed by atoms with E-state index in [0.717, 1.165) is 0 Å². The van der Waals surface area contributed by atoms with Gasteiger partial charge in [-0.25, -0.2) is 9.95 Å². The quantitative estimate of drug-likeness (QED) is 0.859. The van der Waals surface area contributed by atoms with E-state index in [0.29, 0.717) is 22.9 Å². The number of rotatable bonds is 4. The van der Waals surface area contributed by atoms with Crippen molar-refractivity contribution in [2.24, 2.45) is 10.2 Å². The second-order valence-corrected chi connectivity index (χ2v) is 3.70. The summed E-state index contributed by atoms with van der Waals surface area (Å²) < 4.78 is 14.8. The molecule has 0 amide bonds. The number of nitrogens with one attached hydrogen (secondary N) is 1. The van der Waals surface area contributed by atoms with Crippen LogP contribution >= 0.6 is 0 Å². The molecule has 7 nitrogen and oxygen atoms in total. The molecule has 100 valence electrons. The van der Waals surface area contributed by atoms with E-state index in [1.54, 1.807) is 32.2 Å². The van der Waals surface area contributed by atoms with Crippen LogP contribution in [0.1, 0.15) is 5.69 Å². The fraction of sp³-hybridized carbons (Fsp3) is 0.250. The molecule has 0 bridgehead atoms. The average Bonchev–Trinajstić information content (AvgIpc) is 2.75. The third-order valence-electron chi connectivity index (χ3n) is 2.49. The van der Waals surface area contributed by atoms with E-state index in [-0.39, 0.29) is 5.69 Å². The van der Waals surface area contributed by atoms with E-state index >= 15 is 0 Å². The van der Waals surface area contributed by atoms with Gasteiger partial charge in [-0.15, -0.1) is 10.2 Å². The number of hydrogen-bond acceptors (Lipinski definition) is 6. The number of ether oxygens (including phenoxy) is 2. The molecule has 0 aliphatic rings. The third kappa shape index (κ3) is 2.65. The zero-order valence-corrected chi connectivity index (χ0v) is 10.8. The van der Waals surface area contributed by atoms with Crippen LogP contribution in [-0.2, 0) is 0 Å². The van der Waals surface area contributed by atoms with Crippen LogP contribution in [0.4, 0.5) is 11.4 Å². The molecule has 0 aliphatic heterocycles. The molecule has 1 heterocycles. The zero-order chi connectivity index (χ0) is 13.8. The molecule has 1 N–H and O–H groups in total. The maximum absolute atomic E-state index is 11.3. The van der Waals surface area contributed by atoms with Crippen molar-refractivity contribution in [3.8, 4) is 11.5 Å². The van der Waals surface area contributed by atoms with E-state index in [1.807, 2.05) is 0 Å². The van der Waals surface area contributed by atoms with E-state index in [1.165, 1.54) is 7.11 Å². The monoisotopic (exact) mass is 263 g/mol. The van der Waals surface area contributed by atoms with E-state index in [9.17, 15) is 4.79 Å². The van der Waals surface area contributed by atoms with Crippen molar-refractivity contribution >= 4 is 11.4 Å². The van der Waals surface area contributed by atoms with Crippen molar-refractivity contribution in [2.45, 2.75) is 6.92 Å². The molecule has 1 aromatic heterocycles. The molecule has 0 saturated carbocycles. The summed E-state index contributed by atoms with van der Waals surface area (Å²) in [4.78, 5) is 11.3. The number of hydrogen-bond donors (Lipinski definition) is 1. The number of azo groups is 1. The molecular weight excluding hydrogens is 250 g/mol. The molecule has 2 aromatic rings. The minimum atomic E-state index is -0.567. The number of nitrogens with zero attached hydrogens (tertiary/aromatic N) is 2. The highest BCUT2D eigenvalue weighted by molar-refractivity contribution is 5.55. The zero-order valence-electron chi connectivity index (χ0n) is 10.8. The van der Waals surface area contributed by atoms with Crippen molar-refractivity contribution in [1.82, 2.24) is 5.16 Å². The Morgan fingerprint density at radius 3 is 2.58 bits per heavy atom. The van der Waals surface area contributed by atoms with E-state index in [4.69, 9.17) is 9.47 Å². The molecule has 2 rings (SSSR count). The fourth-order valence-electron chi connectivity index (χ4n) is 1.47. The molecule has 0 atom stereocenters. The van der Waals surface area contributed by atoms with Gasteiger partial charge in [0.25, 0.3) is 0 Å². The second kappa shape index (κ2) is 5.38. The first-order valence-electron chi connectivity index (χ1n) is 5.47. The minimum Gasteiger partial charge on any atom is -0.497 e. The lowest BCUT2D eigenvalue weighted by molar-refractivity contribution is 0.388. The molecule has 0 saturated heterocycles. The molecule has 7 heteroatoms. The molecule has 0 radical (unpaired) electrons. The summed E-state index contributed by atoms with van der Waals surface area (Å²) in [5.41, 5.74) is 0.533. The number of aromatic nitrogens is 1. The minimum absolute atomic E-state index is 0.130. The Morgan fingerprint density at radius 2 is 2.00 bits per heavy atom. The van der Waals surface area contributed by atoms with Gasteiger partial charge in [-0.1, -0.05) is 0 Å². The highest BCUT2D eigenvalue weighted by Gasteiger charge is 2.08. The van der Waals surface area contributed by atoms with Gasteiger partial charge >= 0.3 is 5.63 Å².